The fourth-order valence-corrected chi connectivity index (χ4v) is 3.30. The number of hydrogen-bond acceptors (Lipinski definition) is 4. The van der Waals surface area contributed by atoms with E-state index in [1.165, 1.54) is 11.8 Å². The van der Waals surface area contributed by atoms with E-state index < -0.39 is 0 Å². The van der Waals surface area contributed by atoms with Crippen LogP contribution in [0.25, 0.3) is 10.9 Å². The number of aromatic nitrogens is 2. The van der Waals surface area contributed by atoms with E-state index in [1.807, 2.05) is 13.8 Å². The second-order valence-electron chi connectivity index (χ2n) is 6.40. The van der Waals surface area contributed by atoms with Crippen LogP contribution < -0.4 is 10.9 Å². The van der Waals surface area contributed by atoms with Crippen LogP contribution in [0.3, 0.4) is 0 Å². The maximum atomic E-state index is 12.7. The van der Waals surface area contributed by atoms with Gasteiger partial charge in [0.05, 0.1) is 16.7 Å². The van der Waals surface area contributed by atoms with Crippen molar-refractivity contribution >= 4 is 40.2 Å². The fourth-order valence-electron chi connectivity index (χ4n) is 2.30. The highest BCUT2D eigenvalue weighted by Gasteiger charge is 2.15. The minimum Gasteiger partial charge on any atom is -0.353 e. The summed E-state index contributed by atoms with van der Waals surface area (Å²) in [7, 11) is 0. The van der Waals surface area contributed by atoms with Gasteiger partial charge in [0.25, 0.3) is 5.56 Å². The van der Waals surface area contributed by atoms with E-state index in [2.05, 4.69) is 24.1 Å². The van der Waals surface area contributed by atoms with E-state index >= 15 is 0 Å². The number of halogens is 1. The van der Waals surface area contributed by atoms with Gasteiger partial charge in [-0.1, -0.05) is 44.1 Å². The van der Waals surface area contributed by atoms with Gasteiger partial charge in [-0.25, -0.2) is 4.98 Å². The molecule has 2 aromatic rings. The lowest BCUT2D eigenvalue weighted by Gasteiger charge is -2.17. The molecule has 0 saturated carbocycles. The zero-order valence-corrected chi connectivity index (χ0v) is 16.6. The quantitative estimate of drug-likeness (QED) is 0.586. The van der Waals surface area contributed by atoms with Crippen LogP contribution >= 0.6 is 23.4 Å². The number of nitrogens with one attached hydrogen (secondary N) is 1. The molecular weight excluding hydrogens is 358 g/mol. The first-order chi connectivity index (χ1) is 11.8. The van der Waals surface area contributed by atoms with E-state index in [9.17, 15) is 9.59 Å². The van der Waals surface area contributed by atoms with Crippen LogP contribution in [-0.4, -0.2) is 27.3 Å². The molecule has 2 rings (SSSR count). The summed E-state index contributed by atoms with van der Waals surface area (Å²) >= 11 is 7.30. The van der Waals surface area contributed by atoms with Gasteiger partial charge >= 0.3 is 0 Å². The van der Waals surface area contributed by atoms with Crippen molar-refractivity contribution in [2.75, 3.05) is 5.75 Å². The Morgan fingerprint density at radius 1 is 1.36 bits per heavy atom. The van der Waals surface area contributed by atoms with Crippen molar-refractivity contribution < 1.29 is 4.79 Å². The fraction of sp³-hybridized carbons (Fsp3) is 0.500. The van der Waals surface area contributed by atoms with Gasteiger partial charge in [-0.3, -0.25) is 14.2 Å². The molecule has 1 amide bonds. The molecule has 136 valence electrons. The number of benzene rings is 1. The maximum Gasteiger partial charge on any atom is 0.262 e. The first-order valence-electron chi connectivity index (χ1n) is 8.45. The molecule has 0 spiro atoms. The molecule has 7 heteroatoms. The largest absolute Gasteiger partial charge is 0.353 e. The average Bonchev–Trinajstić information content (AvgIpc) is 2.55. The van der Waals surface area contributed by atoms with Crippen molar-refractivity contribution in [3.63, 3.8) is 0 Å². The Morgan fingerprint density at radius 2 is 2.08 bits per heavy atom. The van der Waals surface area contributed by atoms with Crippen LogP contribution in [0.1, 0.15) is 34.1 Å². The lowest BCUT2D eigenvalue weighted by Crippen LogP contribution is -2.37. The molecule has 5 nitrogen and oxygen atoms in total. The topological polar surface area (TPSA) is 64.0 Å². The van der Waals surface area contributed by atoms with Crippen LogP contribution in [0.15, 0.2) is 28.2 Å². The molecule has 1 aromatic heterocycles. The number of carbonyl (C=O) groups excluding carboxylic acids is 1. The Bertz CT molecular complexity index is 820. The van der Waals surface area contributed by atoms with Crippen LogP contribution in [0, 0.1) is 5.92 Å². The van der Waals surface area contributed by atoms with E-state index in [0.717, 1.165) is 6.42 Å². The van der Waals surface area contributed by atoms with Gasteiger partial charge in [-0.2, -0.15) is 0 Å². The van der Waals surface area contributed by atoms with Crippen LogP contribution in [0.2, 0.25) is 5.02 Å². The van der Waals surface area contributed by atoms with Gasteiger partial charge in [-0.15, -0.1) is 0 Å². The second kappa shape index (κ2) is 8.72. The van der Waals surface area contributed by atoms with E-state index in [4.69, 9.17) is 11.6 Å². The van der Waals surface area contributed by atoms with Gasteiger partial charge < -0.3 is 5.32 Å². The van der Waals surface area contributed by atoms with E-state index in [0.29, 0.717) is 33.5 Å². The SMILES string of the molecule is CCCn1c(SCC(=O)N[C@H](C)C(C)C)nc2cc(Cl)ccc2c1=O. The molecule has 0 aliphatic carbocycles. The van der Waals surface area contributed by atoms with E-state index in [1.54, 1.807) is 22.8 Å². The minimum atomic E-state index is -0.0954. The molecule has 0 aliphatic rings. The number of nitrogens with zero attached hydrogens (tertiary/aromatic N) is 2. The highest BCUT2D eigenvalue weighted by atomic mass is 35.5. The van der Waals surface area contributed by atoms with Crippen LogP contribution in [0.4, 0.5) is 0 Å². The van der Waals surface area contributed by atoms with Gasteiger partial charge in [0.2, 0.25) is 5.91 Å². The molecule has 25 heavy (non-hydrogen) atoms. The lowest BCUT2D eigenvalue weighted by molar-refractivity contribution is -0.119. The number of thioether (sulfide) groups is 1. The Kier molecular flexibility index (Phi) is 6.90. The van der Waals surface area contributed by atoms with Gasteiger partial charge in [0, 0.05) is 17.6 Å². The summed E-state index contributed by atoms with van der Waals surface area (Å²) in [6, 6.07) is 5.18. The van der Waals surface area contributed by atoms with Crippen LogP contribution in [-0.2, 0) is 11.3 Å². The molecule has 0 unspecified atom stereocenters. The number of hydrogen-bond donors (Lipinski definition) is 1. The van der Waals surface area contributed by atoms with E-state index in [-0.39, 0.29) is 23.3 Å². The molecule has 1 heterocycles. The van der Waals surface area contributed by atoms with Crippen molar-refractivity contribution in [3.05, 3.63) is 33.6 Å². The predicted molar refractivity (Wildman–Crippen MR) is 104 cm³/mol. The predicted octanol–water partition coefficient (Wildman–Crippen LogP) is 3.71. The Morgan fingerprint density at radius 3 is 2.72 bits per heavy atom. The van der Waals surface area contributed by atoms with Gasteiger partial charge in [0.15, 0.2) is 5.16 Å². The number of rotatable bonds is 7. The summed E-state index contributed by atoms with van der Waals surface area (Å²) in [5.41, 5.74) is 0.463. The minimum absolute atomic E-state index is 0.0605. The van der Waals surface area contributed by atoms with Gasteiger partial charge in [-0.05, 0) is 37.5 Å². The van der Waals surface area contributed by atoms with Crippen molar-refractivity contribution in [2.45, 2.75) is 51.9 Å². The molecule has 1 N–H and O–H groups in total. The maximum absolute atomic E-state index is 12.7. The van der Waals surface area contributed by atoms with Crippen LogP contribution in [0.5, 0.6) is 0 Å². The lowest BCUT2D eigenvalue weighted by atomic mass is 10.1. The highest BCUT2D eigenvalue weighted by Crippen LogP contribution is 2.20. The molecule has 0 saturated heterocycles. The monoisotopic (exact) mass is 381 g/mol. The van der Waals surface area contributed by atoms with Crippen molar-refractivity contribution in [1.29, 1.82) is 0 Å². The summed E-state index contributed by atoms with van der Waals surface area (Å²) < 4.78 is 1.64. The number of amides is 1. The van der Waals surface area contributed by atoms with Crippen molar-refractivity contribution in [1.82, 2.24) is 14.9 Å². The Hall–Kier alpha value is -1.53. The first-order valence-corrected chi connectivity index (χ1v) is 9.82. The zero-order valence-electron chi connectivity index (χ0n) is 15.0. The third kappa shape index (κ3) is 4.98. The molecule has 1 atom stereocenters. The third-order valence-electron chi connectivity index (χ3n) is 4.05. The molecule has 0 bridgehead atoms. The first kappa shape index (κ1) is 19.8. The second-order valence-corrected chi connectivity index (χ2v) is 7.78. The zero-order chi connectivity index (χ0) is 18.6. The Balaban J connectivity index is 2.28. The molecular formula is C18H24ClN3O2S. The molecule has 1 aromatic carbocycles. The Labute approximate surface area is 157 Å². The molecule has 0 radical (unpaired) electrons. The summed E-state index contributed by atoms with van der Waals surface area (Å²) in [6.07, 6.45) is 0.810. The third-order valence-corrected chi connectivity index (χ3v) is 5.26. The normalized spacial score (nSPS) is 12.6. The smallest absolute Gasteiger partial charge is 0.262 e. The average molecular weight is 382 g/mol. The number of carbonyl (C=O) groups is 1. The summed E-state index contributed by atoms with van der Waals surface area (Å²) in [5.74, 6) is 0.530. The van der Waals surface area contributed by atoms with Crippen molar-refractivity contribution in [3.8, 4) is 0 Å². The molecule has 0 aliphatic heterocycles. The highest BCUT2D eigenvalue weighted by molar-refractivity contribution is 7.99. The van der Waals surface area contributed by atoms with Gasteiger partial charge in [0.1, 0.15) is 0 Å². The summed E-state index contributed by atoms with van der Waals surface area (Å²) in [4.78, 5) is 29.4. The standard InChI is InChI=1S/C18H24ClN3O2S/c1-5-8-22-17(24)14-7-6-13(19)9-15(14)21-18(22)25-10-16(23)20-12(4)11(2)3/h6-7,9,11-12H,5,8,10H2,1-4H3,(H,20,23)/t12-/m1/s1. The summed E-state index contributed by atoms with van der Waals surface area (Å²) in [5, 5.41) is 4.59. The summed E-state index contributed by atoms with van der Waals surface area (Å²) in [6.45, 7) is 8.68. The number of fused-ring (bicyclic) bond motifs is 1. The van der Waals surface area contributed by atoms with Crippen molar-refractivity contribution in [2.24, 2.45) is 5.92 Å². The molecule has 0 fully saturated rings.